The third kappa shape index (κ3) is 8.95. The van der Waals surface area contributed by atoms with Gasteiger partial charge in [0.2, 0.25) is 0 Å². The Bertz CT molecular complexity index is 8.00. The Morgan fingerprint density at radius 2 is 1.00 bits per heavy atom. The second kappa shape index (κ2) is 16.4. The zero-order valence-electron chi connectivity index (χ0n) is 2.25. The van der Waals surface area contributed by atoms with E-state index in [2.05, 4.69) is 0 Å². The van der Waals surface area contributed by atoms with E-state index in [0.717, 1.165) is 0 Å². The van der Waals surface area contributed by atoms with Crippen molar-refractivity contribution in [2.45, 2.75) is 0 Å². The normalized spacial score (nSPS) is 0. The zero-order chi connectivity index (χ0) is 0. The molecule has 1 radical (unpaired) electrons. The molecular weight excluding hydrogens is 369 g/mol. The molecular formula is H2CdSTbZn. The van der Waals surface area contributed by atoms with Gasteiger partial charge in [0.15, 0.2) is 0 Å². The van der Waals surface area contributed by atoms with Crippen LogP contribution in [0.3, 0.4) is 0 Å². The first-order chi connectivity index (χ1) is 0. The molecule has 4 heteroatoms. The second-order valence-electron chi connectivity index (χ2n) is 0. The van der Waals surface area contributed by atoms with Crippen LogP contribution in [0.5, 0.6) is 0 Å². The van der Waals surface area contributed by atoms with Gasteiger partial charge in [0.05, 0.1) is 0 Å². The summed E-state index contributed by atoms with van der Waals surface area (Å²) >= 11 is 0. The molecule has 0 aliphatic heterocycles. The molecule has 0 bridgehead atoms. The Hall–Kier alpha value is 3.18. The molecule has 0 unspecified atom stereocenters. The molecule has 0 aliphatic carbocycles. The summed E-state index contributed by atoms with van der Waals surface area (Å²) in [7, 11) is 0. The van der Waals surface area contributed by atoms with Crippen molar-refractivity contribution in [1.29, 1.82) is 0 Å². The molecule has 0 saturated heterocycles. The average Bonchev–Trinajstić information content (AvgIpc) is 0. The van der Waals surface area contributed by atoms with Gasteiger partial charge in [0.25, 0.3) is 0 Å². The number of hydrogen-bond donors (Lipinski definition) is 0. The Morgan fingerprint density at radius 3 is 1.00 bits per heavy atom. The first-order valence-corrected chi connectivity index (χ1v) is 0. The minimum atomic E-state index is 0. The summed E-state index contributed by atoms with van der Waals surface area (Å²) in [4.78, 5) is 0. The molecule has 21 valence electrons. The fourth-order valence-electron chi connectivity index (χ4n) is 0. The predicted molar refractivity (Wildman–Crippen MR) is 10.4 cm³/mol. The largest absolute Gasteiger partial charge is 0.197 e. The standard InChI is InChI=1S/Cd.H2S.Tb.Zn/h;1H2;;. The Morgan fingerprint density at radius 1 is 1.00 bits per heavy atom. The summed E-state index contributed by atoms with van der Waals surface area (Å²) < 4.78 is 0. The van der Waals surface area contributed by atoms with E-state index in [1.165, 1.54) is 0 Å². The maximum absolute atomic E-state index is 0. The van der Waals surface area contributed by atoms with E-state index in [4.69, 9.17) is 0 Å². The van der Waals surface area contributed by atoms with Gasteiger partial charge in [-0.05, 0) is 0 Å². The quantitative estimate of drug-likeness (QED) is 0.531. The average molecular weight is 371 g/mol. The minimum absolute atomic E-state index is 0. The van der Waals surface area contributed by atoms with Crippen LogP contribution in [-0.2, 0) is 46.8 Å². The molecule has 0 heterocycles. The van der Waals surface area contributed by atoms with Crippen LogP contribution in [0.2, 0.25) is 0 Å². The van der Waals surface area contributed by atoms with Gasteiger partial charge in [-0.25, -0.2) is 0 Å². The zero-order valence-corrected chi connectivity index (χ0v) is 12.4. The third-order valence-electron chi connectivity index (χ3n) is 0. The first kappa shape index (κ1) is 27.1. The predicted octanol–water partition coefficient (Wildman–Crippen LogP) is 0.108. The Balaban J connectivity index is 0. The van der Waals surface area contributed by atoms with E-state index in [9.17, 15) is 0 Å². The summed E-state index contributed by atoms with van der Waals surface area (Å²) in [5.41, 5.74) is 0. The van der Waals surface area contributed by atoms with Crippen LogP contribution in [0.4, 0.5) is 0 Å². The van der Waals surface area contributed by atoms with Crippen molar-refractivity contribution >= 4 is 13.5 Å². The van der Waals surface area contributed by atoms with Gasteiger partial charge in [0.1, 0.15) is 0 Å². The van der Waals surface area contributed by atoms with E-state index >= 15 is 0 Å². The van der Waals surface area contributed by atoms with E-state index in [-0.39, 0.29) is 98.9 Å². The van der Waals surface area contributed by atoms with Gasteiger partial charge >= 0.3 is 0 Å². The Labute approximate surface area is 96.7 Å². The molecule has 0 atom stereocenters. The molecule has 0 rings (SSSR count). The second-order valence-corrected chi connectivity index (χ2v) is 0. The fraction of sp³-hybridized carbons (Fsp3) is 0. The van der Waals surface area contributed by atoms with Crippen molar-refractivity contribution in [3.8, 4) is 0 Å². The summed E-state index contributed by atoms with van der Waals surface area (Å²) in [5, 5.41) is 0. The van der Waals surface area contributed by atoms with Crippen LogP contribution >= 0.6 is 13.5 Å². The molecule has 4 heavy (non-hydrogen) atoms. The van der Waals surface area contributed by atoms with Gasteiger partial charge < -0.3 is 0 Å². The molecule has 0 nitrogen and oxygen atoms in total. The summed E-state index contributed by atoms with van der Waals surface area (Å²) in [6, 6.07) is 0. The van der Waals surface area contributed by atoms with Crippen LogP contribution in [0.1, 0.15) is 0 Å². The van der Waals surface area contributed by atoms with Crippen molar-refractivity contribution in [2.24, 2.45) is 0 Å². The van der Waals surface area contributed by atoms with Gasteiger partial charge in [-0.2, -0.15) is 13.5 Å². The minimum Gasteiger partial charge on any atom is -0.197 e. The van der Waals surface area contributed by atoms with Crippen molar-refractivity contribution < 1.29 is 85.4 Å². The van der Waals surface area contributed by atoms with E-state index in [0.29, 0.717) is 0 Å². The summed E-state index contributed by atoms with van der Waals surface area (Å²) in [5.74, 6) is 0. The molecule has 0 fully saturated rings. The van der Waals surface area contributed by atoms with E-state index < -0.39 is 0 Å². The van der Waals surface area contributed by atoms with Crippen LogP contribution < -0.4 is 0 Å². The van der Waals surface area contributed by atoms with Gasteiger partial charge in [-0.1, -0.05) is 0 Å². The van der Waals surface area contributed by atoms with Crippen LogP contribution in [0.25, 0.3) is 0 Å². The molecule has 0 aromatic rings. The SMILES string of the molecule is S.[Cd].[Tb].[Zn]. The smallest absolute Gasteiger partial charge is 0 e. The molecule has 0 saturated carbocycles. The van der Waals surface area contributed by atoms with Crippen molar-refractivity contribution in [3.63, 3.8) is 0 Å². The number of rotatable bonds is 0. The van der Waals surface area contributed by atoms with Crippen molar-refractivity contribution in [3.05, 3.63) is 0 Å². The molecule has 0 N–H and O–H groups in total. The molecule has 0 aromatic carbocycles. The number of hydrogen-bond acceptors (Lipinski definition) is 0. The van der Waals surface area contributed by atoms with Gasteiger partial charge in [0, 0.05) is 85.4 Å². The fourth-order valence-corrected chi connectivity index (χ4v) is 0. The maximum atomic E-state index is 0. The van der Waals surface area contributed by atoms with E-state index in [1.807, 2.05) is 0 Å². The molecule has 0 spiro atoms. The first-order valence-electron chi connectivity index (χ1n) is 0. The molecule has 0 aliphatic rings. The van der Waals surface area contributed by atoms with Crippen LogP contribution in [0, 0.1) is 38.6 Å². The van der Waals surface area contributed by atoms with Gasteiger partial charge in [-0.15, -0.1) is 0 Å². The van der Waals surface area contributed by atoms with Crippen LogP contribution in [0.15, 0.2) is 0 Å². The van der Waals surface area contributed by atoms with Crippen molar-refractivity contribution in [1.82, 2.24) is 0 Å². The van der Waals surface area contributed by atoms with E-state index in [1.54, 1.807) is 0 Å². The molecule has 0 amide bonds. The molecule has 0 aromatic heterocycles. The monoisotopic (exact) mass is 371 g/mol. The topological polar surface area (TPSA) is 0 Å². The summed E-state index contributed by atoms with van der Waals surface area (Å²) in [6.07, 6.45) is 0. The Kier molecular flexibility index (Phi) is 111. The van der Waals surface area contributed by atoms with Crippen molar-refractivity contribution in [2.75, 3.05) is 0 Å². The summed E-state index contributed by atoms with van der Waals surface area (Å²) in [6.45, 7) is 0. The van der Waals surface area contributed by atoms with Crippen LogP contribution in [-0.4, -0.2) is 0 Å². The van der Waals surface area contributed by atoms with Gasteiger partial charge in [-0.3, -0.25) is 0 Å². The third-order valence-corrected chi connectivity index (χ3v) is 0. The maximum Gasteiger partial charge on any atom is 0 e.